The Balaban J connectivity index is 3.21. The van der Waals surface area contributed by atoms with Crippen molar-refractivity contribution in [3.8, 4) is 11.8 Å². The van der Waals surface area contributed by atoms with Crippen LogP contribution in [0.3, 0.4) is 0 Å². The number of carbonyl (C=O) groups is 1. The molecule has 1 aromatic rings. The van der Waals surface area contributed by atoms with Crippen LogP contribution in [0.25, 0.3) is 0 Å². The minimum Gasteiger partial charge on any atom is -0.481 e. The zero-order valence-corrected chi connectivity index (χ0v) is 8.91. The standard InChI is InChI=1S/C11H9F2NO3/c1-6-8(4-10(15)16)2-7(5-14)3-9(6)17-11(12)13/h2-3,11H,4H2,1H3,(H,15,16). The van der Waals surface area contributed by atoms with Gasteiger partial charge in [-0.05, 0) is 30.2 Å². The molecular weight excluding hydrogens is 232 g/mol. The molecule has 90 valence electrons. The van der Waals surface area contributed by atoms with Gasteiger partial charge in [-0.3, -0.25) is 4.79 Å². The monoisotopic (exact) mass is 241 g/mol. The van der Waals surface area contributed by atoms with E-state index in [2.05, 4.69) is 4.74 Å². The van der Waals surface area contributed by atoms with E-state index >= 15 is 0 Å². The smallest absolute Gasteiger partial charge is 0.387 e. The quantitative estimate of drug-likeness (QED) is 0.876. The molecule has 0 saturated heterocycles. The summed E-state index contributed by atoms with van der Waals surface area (Å²) in [5.74, 6) is -1.28. The zero-order valence-electron chi connectivity index (χ0n) is 8.91. The van der Waals surface area contributed by atoms with Gasteiger partial charge in [0.2, 0.25) is 0 Å². The van der Waals surface area contributed by atoms with E-state index in [0.717, 1.165) is 6.07 Å². The normalized spacial score (nSPS) is 10.1. The van der Waals surface area contributed by atoms with E-state index in [-0.39, 0.29) is 23.3 Å². The number of nitriles is 1. The number of benzene rings is 1. The van der Waals surface area contributed by atoms with Crippen LogP contribution in [-0.2, 0) is 11.2 Å². The molecule has 0 spiro atoms. The van der Waals surface area contributed by atoms with Gasteiger partial charge in [-0.2, -0.15) is 14.0 Å². The largest absolute Gasteiger partial charge is 0.481 e. The number of halogens is 2. The molecule has 1 aromatic carbocycles. The third kappa shape index (κ3) is 3.41. The fraction of sp³-hybridized carbons (Fsp3) is 0.273. The van der Waals surface area contributed by atoms with Crippen LogP contribution in [-0.4, -0.2) is 17.7 Å². The number of nitrogens with zero attached hydrogens (tertiary/aromatic N) is 1. The molecule has 0 aliphatic heterocycles. The van der Waals surface area contributed by atoms with Gasteiger partial charge in [0, 0.05) is 0 Å². The average molecular weight is 241 g/mol. The summed E-state index contributed by atoms with van der Waals surface area (Å²) in [4.78, 5) is 10.6. The number of carboxylic acids is 1. The van der Waals surface area contributed by atoms with E-state index in [1.807, 2.05) is 0 Å². The second-order valence-electron chi connectivity index (χ2n) is 3.32. The van der Waals surface area contributed by atoms with Gasteiger partial charge in [-0.25, -0.2) is 0 Å². The molecule has 0 bridgehead atoms. The molecule has 1 rings (SSSR count). The fourth-order valence-electron chi connectivity index (χ4n) is 1.37. The van der Waals surface area contributed by atoms with Gasteiger partial charge in [0.25, 0.3) is 0 Å². The highest BCUT2D eigenvalue weighted by atomic mass is 19.3. The maximum atomic E-state index is 12.1. The summed E-state index contributed by atoms with van der Waals surface area (Å²) in [6.45, 7) is -1.54. The summed E-state index contributed by atoms with van der Waals surface area (Å²) >= 11 is 0. The molecule has 0 unspecified atom stereocenters. The summed E-state index contributed by atoms with van der Waals surface area (Å²) in [6.07, 6.45) is -0.346. The molecule has 0 atom stereocenters. The van der Waals surface area contributed by atoms with Crippen LogP contribution in [0, 0.1) is 18.3 Å². The SMILES string of the molecule is Cc1c(CC(=O)O)cc(C#N)cc1OC(F)F. The van der Waals surface area contributed by atoms with Crippen molar-refractivity contribution in [1.82, 2.24) is 0 Å². The summed E-state index contributed by atoms with van der Waals surface area (Å²) < 4.78 is 28.5. The number of aliphatic carboxylic acids is 1. The van der Waals surface area contributed by atoms with Crippen molar-refractivity contribution in [2.45, 2.75) is 20.0 Å². The number of ether oxygens (including phenoxy) is 1. The van der Waals surface area contributed by atoms with Crippen molar-refractivity contribution < 1.29 is 23.4 Å². The molecule has 6 heteroatoms. The van der Waals surface area contributed by atoms with E-state index in [9.17, 15) is 13.6 Å². The van der Waals surface area contributed by atoms with Gasteiger partial charge in [0.05, 0.1) is 18.1 Å². The summed E-state index contributed by atoms with van der Waals surface area (Å²) in [5, 5.41) is 17.4. The van der Waals surface area contributed by atoms with Gasteiger partial charge in [0.1, 0.15) is 5.75 Å². The summed E-state index contributed by atoms with van der Waals surface area (Å²) in [5.41, 5.74) is 0.668. The Hall–Kier alpha value is -2.16. The van der Waals surface area contributed by atoms with Crippen molar-refractivity contribution in [2.24, 2.45) is 0 Å². The minimum absolute atomic E-state index is 0.0856. The van der Waals surface area contributed by atoms with E-state index in [0.29, 0.717) is 5.56 Å². The molecule has 0 radical (unpaired) electrons. The van der Waals surface area contributed by atoms with E-state index in [1.165, 1.54) is 13.0 Å². The zero-order chi connectivity index (χ0) is 13.0. The van der Waals surface area contributed by atoms with Gasteiger partial charge in [0.15, 0.2) is 0 Å². The van der Waals surface area contributed by atoms with E-state index in [1.54, 1.807) is 6.07 Å². The van der Waals surface area contributed by atoms with Crippen LogP contribution < -0.4 is 4.74 Å². The van der Waals surface area contributed by atoms with Gasteiger partial charge < -0.3 is 9.84 Å². The topological polar surface area (TPSA) is 70.3 Å². The van der Waals surface area contributed by atoms with Crippen molar-refractivity contribution >= 4 is 5.97 Å². The first kappa shape index (κ1) is 12.9. The maximum absolute atomic E-state index is 12.1. The van der Waals surface area contributed by atoms with Crippen molar-refractivity contribution in [1.29, 1.82) is 5.26 Å². The predicted octanol–water partition coefficient (Wildman–Crippen LogP) is 2.10. The number of alkyl halides is 2. The average Bonchev–Trinajstić information content (AvgIpc) is 2.22. The van der Waals surface area contributed by atoms with Crippen LogP contribution in [0.1, 0.15) is 16.7 Å². The van der Waals surface area contributed by atoms with Crippen LogP contribution >= 0.6 is 0 Å². The van der Waals surface area contributed by atoms with E-state index < -0.39 is 12.6 Å². The van der Waals surface area contributed by atoms with Gasteiger partial charge in [-0.1, -0.05) is 0 Å². The Morgan fingerprint density at radius 1 is 1.59 bits per heavy atom. The molecule has 0 fully saturated rings. The summed E-state index contributed by atoms with van der Waals surface area (Å²) in [7, 11) is 0. The van der Waals surface area contributed by atoms with Crippen molar-refractivity contribution in [3.63, 3.8) is 0 Å². The van der Waals surface area contributed by atoms with Crippen molar-refractivity contribution in [2.75, 3.05) is 0 Å². The Morgan fingerprint density at radius 3 is 2.71 bits per heavy atom. The van der Waals surface area contributed by atoms with Crippen LogP contribution in [0.15, 0.2) is 12.1 Å². The number of hydrogen-bond acceptors (Lipinski definition) is 3. The number of hydrogen-bond donors (Lipinski definition) is 1. The van der Waals surface area contributed by atoms with Crippen LogP contribution in [0.2, 0.25) is 0 Å². The molecular formula is C11H9F2NO3. The number of carboxylic acid groups (broad SMARTS) is 1. The highest BCUT2D eigenvalue weighted by Crippen LogP contribution is 2.25. The molecule has 0 aliphatic rings. The number of rotatable bonds is 4. The highest BCUT2D eigenvalue weighted by molar-refractivity contribution is 5.71. The second kappa shape index (κ2) is 5.25. The Bertz CT molecular complexity index is 480. The fourth-order valence-corrected chi connectivity index (χ4v) is 1.37. The molecule has 0 amide bonds. The lowest BCUT2D eigenvalue weighted by atomic mass is 10.0. The molecule has 0 aromatic heterocycles. The lowest BCUT2D eigenvalue weighted by Gasteiger charge is -2.11. The molecule has 0 heterocycles. The first-order valence-corrected chi connectivity index (χ1v) is 4.64. The van der Waals surface area contributed by atoms with E-state index in [4.69, 9.17) is 10.4 Å². The van der Waals surface area contributed by atoms with Gasteiger partial charge in [-0.15, -0.1) is 0 Å². The van der Waals surface area contributed by atoms with Crippen molar-refractivity contribution in [3.05, 3.63) is 28.8 Å². The molecule has 0 saturated carbocycles. The lowest BCUT2D eigenvalue weighted by molar-refractivity contribution is -0.136. The maximum Gasteiger partial charge on any atom is 0.387 e. The first-order chi connectivity index (χ1) is 7.93. The highest BCUT2D eigenvalue weighted by Gasteiger charge is 2.14. The lowest BCUT2D eigenvalue weighted by Crippen LogP contribution is -2.07. The Labute approximate surface area is 96.0 Å². The third-order valence-electron chi connectivity index (χ3n) is 2.15. The second-order valence-corrected chi connectivity index (χ2v) is 3.32. The summed E-state index contributed by atoms with van der Waals surface area (Å²) in [6, 6.07) is 4.27. The molecule has 4 nitrogen and oxygen atoms in total. The molecule has 0 aliphatic carbocycles. The third-order valence-corrected chi connectivity index (χ3v) is 2.15. The minimum atomic E-state index is -3.01. The first-order valence-electron chi connectivity index (χ1n) is 4.64. The van der Waals surface area contributed by atoms with Crippen LogP contribution in [0.4, 0.5) is 8.78 Å². The molecule has 17 heavy (non-hydrogen) atoms. The Morgan fingerprint density at radius 2 is 2.24 bits per heavy atom. The van der Waals surface area contributed by atoms with Gasteiger partial charge >= 0.3 is 12.6 Å². The Kier molecular flexibility index (Phi) is 3.99. The van der Waals surface area contributed by atoms with Crippen LogP contribution in [0.5, 0.6) is 5.75 Å². The predicted molar refractivity (Wildman–Crippen MR) is 53.9 cm³/mol. The molecule has 1 N–H and O–H groups in total.